The summed E-state index contributed by atoms with van der Waals surface area (Å²) >= 11 is 5.97. The van der Waals surface area contributed by atoms with E-state index < -0.39 is 23.8 Å². The van der Waals surface area contributed by atoms with E-state index in [-0.39, 0.29) is 77.0 Å². The second kappa shape index (κ2) is 11.9. The van der Waals surface area contributed by atoms with Crippen LogP contribution in [0.2, 0.25) is 5.02 Å². The molecule has 2 aromatic rings. The Morgan fingerprint density at radius 1 is 1.13 bits per heavy atom. The first-order valence-electron chi connectivity index (χ1n) is 8.87. The van der Waals surface area contributed by atoms with E-state index in [1.165, 1.54) is 6.07 Å². The number of aliphatic hydroxyl groups is 1. The molecule has 0 bridgehead atoms. The van der Waals surface area contributed by atoms with Crippen molar-refractivity contribution in [1.82, 2.24) is 0 Å². The quantitative estimate of drug-likeness (QED) is 0.289. The normalized spacial score (nSPS) is 14.2. The van der Waals surface area contributed by atoms with Crippen molar-refractivity contribution in [3.63, 3.8) is 0 Å². The first-order chi connectivity index (χ1) is 13.8. The van der Waals surface area contributed by atoms with Crippen molar-refractivity contribution in [2.45, 2.75) is 31.2 Å². The van der Waals surface area contributed by atoms with E-state index in [1.807, 2.05) is 0 Å². The number of halogens is 1. The fourth-order valence-corrected chi connectivity index (χ4v) is 3.39. The van der Waals surface area contributed by atoms with Crippen LogP contribution >= 0.6 is 11.6 Å². The Kier molecular flexibility index (Phi) is 10.8. The fourth-order valence-electron chi connectivity index (χ4n) is 3.19. The molecule has 1 atom stereocenters. The van der Waals surface area contributed by atoms with Gasteiger partial charge in [-0.15, -0.1) is 0 Å². The number of ether oxygens (including phenoxy) is 2. The Bertz CT molecular complexity index is 943. The number of benzene rings is 2. The fraction of sp³-hybridized carbons (Fsp3) is 0.300. The van der Waals surface area contributed by atoms with Gasteiger partial charge in [-0.25, -0.2) is 0 Å². The minimum atomic E-state index is -3.07. The molecule has 1 unspecified atom stereocenters. The van der Waals surface area contributed by atoms with Crippen molar-refractivity contribution in [1.29, 1.82) is 0 Å². The zero-order valence-corrected chi connectivity index (χ0v) is 22.0. The number of aliphatic hydroxyl groups excluding tert-OH is 1. The predicted molar refractivity (Wildman–Crippen MR) is 97.9 cm³/mol. The number of aliphatic carboxylic acids is 2. The van der Waals surface area contributed by atoms with Gasteiger partial charge < -0.3 is 40.1 Å². The summed E-state index contributed by atoms with van der Waals surface area (Å²) in [5.74, 6) is -7.34. The van der Waals surface area contributed by atoms with Crippen LogP contribution in [0.4, 0.5) is 0 Å². The van der Waals surface area contributed by atoms with E-state index in [9.17, 15) is 24.9 Å². The van der Waals surface area contributed by atoms with Gasteiger partial charge in [0.15, 0.2) is 11.5 Å². The van der Waals surface area contributed by atoms with Crippen LogP contribution in [0.25, 0.3) is 0 Å². The average Bonchev–Trinajstić information content (AvgIpc) is 3.08. The Morgan fingerprint density at radius 3 is 2.39 bits per heavy atom. The topological polar surface area (TPSA) is 145 Å². The van der Waals surface area contributed by atoms with Crippen LogP contribution in [0.5, 0.6) is 11.5 Å². The van der Waals surface area contributed by atoms with Gasteiger partial charge in [0.2, 0.25) is 0 Å². The van der Waals surface area contributed by atoms with Crippen molar-refractivity contribution >= 4 is 23.5 Å². The molecular formula is C20H18ClNNa2O7. The zero-order valence-electron chi connectivity index (χ0n) is 17.2. The third-order valence-electron chi connectivity index (χ3n) is 4.64. The van der Waals surface area contributed by atoms with Crippen LogP contribution in [0.1, 0.15) is 29.2 Å². The second-order valence-corrected chi connectivity index (χ2v) is 7.03. The average molecular weight is 466 g/mol. The van der Waals surface area contributed by atoms with E-state index in [0.29, 0.717) is 41.1 Å². The van der Waals surface area contributed by atoms with Gasteiger partial charge in [0.1, 0.15) is 11.9 Å². The van der Waals surface area contributed by atoms with Gasteiger partial charge >= 0.3 is 64.9 Å². The molecule has 0 saturated carbocycles. The van der Waals surface area contributed by atoms with E-state index in [4.69, 9.17) is 26.8 Å². The number of hydrogen-bond acceptors (Lipinski definition) is 8. The molecule has 8 nitrogen and oxygen atoms in total. The maximum atomic E-state index is 11.4. The minimum Gasteiger partial charge on any atom is -0.542 e. The number of carboxylic acids is 2. The van der Waals surface area contributed by atoms with E-state index >= 15 is 0 Å². The Morgan fingerprint density at radius 2 is 1.81 bits per heavy atom. The third-order valence-corrected chi connectivity index (χ3v) is 4.87. The molecule has 2 aromatic carbocycles. The Hall–Kier alpha value is -0.810. The summed E-state index contributed by atoms with van der Waals surface area (Å²) in [6, 6.07) is 9.75. The van der Waals surface area contributed by atoms with Crippen molar-refractivity contribution in [3.05, 3.63) is 58.1 Å². The molecule has 31 heavy (non-hydrogen) atoms. The molecule has 1 heterocycles. The Balaban J connectivity index is 0.00000240. The molecule has 0 saturated heterocycles. The Labute approximate surface area is 228 Å². The molecule has 0 aliphatic carbocycles. The van der Waals surface area contributed by atoms with Gasteiger partial charge in [-0.05, 0) is 48.7 Å². The maximum absolute atomic E-state index is 11.4. The van der Waals surface area contributed by atoms with Crippen molar-refractivity contribution < 1.29 is 93.5 Å². The molecule has 11 heteroatoms. The first-order valence-corrected chi connectivity index (χ1v) is 9.25. The summed E-state index contributed by atoms with van der Waals surface area (Å²) in [7, 11) is 0. The molecule has 0 fully saturated rings. The summed E-state index contributed by atoms with van der Waals surface area (Å²) in [5, 5.41) is 33.9. The predicted octanol–water partition coefficient (Wildman–Crippen LogP) is -6.52. The number of hydrogen-bond donors (Lipinski definition) is 2. The standard InChI is InChI=1S/C20H20ClNO7.2Na/c21-13-4-1-3-12(9-13)15(23)10-11-6-7-16-17(14(11)5-2-8-22)29-20(28-16,18(24)25)19(26)27;;/h1,3-4,6-7,9,15,23H,2,5,8,10,22H2,(H,24,25)(H,26,27);;/q;2*+1/p-2. The van der Waals surface area contributed by atoms with Gasteiger partial charge in [0, 0.05) is 17.0 Å². The number of fused-ring (bicyclic) bond motifs is 1. The van der Waals surface area contributed by atoms with E-state index in [0.717, 1.165) is 0 Å². The summed E-state index contributed by atoms with van der Waals surface area (Å²) in [4.78, 5) is 22.8. The number of nitrogens with two attached hydrogens (primary N) is 1. The minimum absolute atomic E-state index is 0. The molecule has 3 N–H and O–H groups in total. The zero-order chi connectivity index (χ0) is 21.2. The number of carbonyl (C=O) groups excluding carboxylic acids is 2. The van der Waals surface area contributed by atoms with Gasteiger partial charge in [0.05, 0.1) is 6.10 Å². The number of carbonyl (C=O) groups is 2. The molecule has 0 aromatic heterocycles. The van der Waals surface area contributed by atoms with Crippen LogP contribution in [0.15, 0.2) is 36.4 Å². The van der Waals surface area contributed by atoms with Crippen molar-refractivity contribution in [2.75, 3.05) is 6.54 Å². The molecule has 1 aliphatic heterocycles. The van der Waals surface area contributed by atoms with Gasteiger partial charge in [-0.3, -0.25) is 0 Å². The SMILES string of the molecule is NCCCc1c(CC(O)c2cccc(Cl)c2)ccc2c1OC(C(=O)[O-])(C(=O)[O-])O2.[Na+].[Na+]. The van der Waals surface area contributed by atoms with Gasteiger partial charge in [0.25, 0.3) is 0 Å². The van der Waals surface area contributed by atoms with Crippen molar-refractivity contribution in [3.8, 4) is 11.5 Å². The first kappa shape index (κ1) is 28.2. The van der Waals surface area contributed by atoms with Crippen LogP contribution in [0, 0.1) is 0 Å². The van der Waals surface area contributed by atoms with E-state index in [1.54, 1.807) is 30.3 Å². The van der Waals surface area contributed by atoms with Crippen LogP contribution in [-0.2, 0) is 22.4 Å². The second-order valence-electron chi connectivity index (χ2n) is 6.59. The number of carboxylic acid groups (broad SMARTS) is 2. The largest absolute Gasteiger partial charge is 1.00 e. The summed E-state index contributed by atoms with van der Waals surface area (Å²) < 4.78 is 10.2. The molecule has 0 spiro atoms. The van der Waals surface area contributed by atoms with Crippen LogP contribution in [-0.4, -0.2) is 29.4 Å². The number of rotatable bonds is 8. The van der Waals surface area contributed by atoms with Gasteiger partial charge in [-0.1, -0.05) is 29.8 Å². The molecule has 0 amide bonds. The third kappa shape index (κ3) is 5.96. The summed E-state index contributed by atoms with van der Waals surface area (Å²) in [6.45, 7) is 0.340. The van der Waals surface area contributed by atoms with Gasteiger partial charge in [-0.2, -0.15) is 0 Å². The maximum Gasteiger partial charge on any atom is 1.00 e. The molecule has 3 rings (SSSR count). The van der Waals surface area contributed by atoms with E-state index in [2.05, 4.69) is 0 Å². The van der Waals surface area contributed by atoms with Crippen molar-refractivity contribution in [2.24, 2.45) is 5.73 Å². The molecule has 0 radical (unpaired) electrons. The smallest absolute Gasteiger partial charge is 0.542 e. The summed E-state index contributed by atoms with van der Waals surface area (Å²) in [5.41, 5.74) is 7.31. The van der Waals surface area contributed by atoms with Crippen LogP contribution < -0.4 is 84.5 Å². The summed E-state index contributed by atoms with van der Waals surface area (Å²) in [6.07, 6.45) is 0.124. The van der Waals surface area contributed by atoms with Crippen LogP contribution in [0.3, 0.4) is 0 Å². The molecular weight excluding hydrogens is 448 g/mol. The monoisotopic (exact) mass is 465 g/mol. The molecule has 154 valence electrons. The molecule has 1 aliphatic rings.